The molecule has 0 aliphatic rings. The number of nitrogens with one attached hydrogen (secondary N) is 1. The van der Waals surface area contributed by atoms with Crippen molar-refractivity contribution in [2.24, 2.45) is 0 Å². The minimum Gasteiger partial charge on any atom is -0.274 e. The lowest BCUT2D eigenvalue weighted by Crippen LogP contribution is -2.31. The summed E-state index contributed by atoms with van der Waals surface area (Å²) in [6.07, 6.45) is 1.20. The van der Waals surface area contributed by atoms with Crippen molar-refractivity contribution in [3.05, 3.63) is 74.8 Å². The summed E-state index contributed by atoms with van der Waals surface area (Å²) in [5, 5.41) is 11.2. The van der Waals surface area contributed by atoms with E-state index >= 15 is 0 Å². The topological polar surface area (TPSA) is 106 Å². The highest BCUT2D eigenvalue weighted by atomic mass is 35.5. The van der Waals surface area contributed by atoms with Crippen molar-refractivity contribution >= 4 is 33.2 Å². The van der Waals surface area contributed by atoms with Crippen molar-refractivity contribution < 1.29 is 18.1 Å². The van der Waals surface area contributed by atoms with Crippen LogP contribution in [0.15, 0.2) is 48.5 Å². The maximum absolute atomic E-state index is 12.0. The SMILES string of the molecule is O=C(CCCc1ccc(Cl)cc1)NS(=O)(=O)Cc1ccc([N+](=O)[O-])cc1. The van der Waals surface area contributed by atoms with Crippen molar-refractivity contribution in [3.8, 4) is 0 Å². The van der Waals surface area contributed by atoms with Crippen LogP contribution in [0.3, 0.4) is 0 Å². The Kier molecular flexibility index (Phi) is 6.70. The molecule has 0 atom stereocenters. The van der Waals surface area contributed by atoms with E-state index in [2.05, 4.69) is 0 Å². The summed E-state index contributed by atoms with van der Waals surface area (Å²) >= 11 is 5.80. The Hall–Kier alpha value is -2.45. The van der Waals surface area contributed by atoms with E-state index in [1.54, 1.807) is 12.1 Å². The van der Waals surface area contributed by atoms with Crippen LogP contribution in [0, 0.1) is 10.1 Å². The zero-order valence-electron chi connectivity index (χ0n) is 13.7. The van der Waals surface area contributed by atoms with E-state index in [1.165, 1.54) is 24.3 Å². The smallest absolute Gasteiger partial charge is 0.269 e. The molecule has 0 heterocycles. The molecule has 1 N–H and O–H groups in total. The molecular weight excluding hydrogens is 380 g/mol. The number of nitro benzene ring substituents is 1. The standard InChI is InChI=1S/C17H17ClN2O5S/c18-15-8-4-13(5-9-15)2-1-3-17(21)19-26(24,25)12-14-6-10-16(11-7-14)20(22)23/h4-11H,1-3,12H2,(H,19,21). The molecule has 0 aliphatic heterocycles. The molecule has 1 amide bonds. The predicted octanol–water partition coefficient (Wildman–Crippen LogP) is 3.22. The van der Waals surface area contributed by atoms with Crippen molar-refractivity contribution in [2.45, 2.75) is 25.0 Å². The van der Waals surface area contributed by atoms with Crippen molar-refractivity contribution in [1.29, 1.82) is 0 Å². The molecule has 138 valence electrons. The zero-order chi connectivity index (χ0) is 19.2. The monoisotopic (exact) mass is 396 g/mol. The second-order valence-electron chi connectivity index (χ2n) is 5.69. The first-order valence-corrected chi connectivity index (χ1v) is 9.79. The molecule has 26 heavy (non-hydrogen) atoms. The number of hydrogen-bond acceptors (Lipinski definition) is 5. The van der Waals surface area contributed by atoms with Crippen molar-refractivity contribution in [2.75, 3.05) is 0 Å². The molecule has 0 aliphatic carbocycles. The summed E-state index contributed by atoms with van der Waals surface area (Å²) in [6.45, 7) is 0. The van der Waals surface area contributed by atoms with Crippen LogP contribution in [0.2, 0.25) is 5.02 Å². The van der Waals surface area contributed by atoms with Crippen LogP contribution in [0.1, 0.15) is 24.0 Å². The van der Waals surface area contributed by atoms with Crippen LogP contribution in [-0.2, 0) is 27.0 Å². The Balaban J connectivity index is 1.82. The van der Waals surface area contributed by atoms with Gasteiger partial charge in [-0.25, -0.2) is 8.42 Å². The van der Waals surface area contributed by atoms with Crippen LogP contribution < -0.4 is 4.72 Å². The van der Waals surface area contributed by atoms with Crippen LogP contribution in [0.4, 0.5) is 5.69 Å². The van der Waals surface area contributed by atoms with E-state index < -0.39 is 26.6 Å². The van der Waals surface area contributed by atoms with E-state index in [0.717, 1.165) is 5.56 Å². The number of carbonyl (C=O) groups is 1. The third kappa shape index (κ3) is 6.45. The number of hydrogen-bond donors (Lipinski definition) is 1. The Morgan fingerprint density at radius 1 is 1.04 bits per heavy atom. The molecule has 0 radical (unpaired) electrons. The molecule has 0 saturated carbocycles. The lowest BCUT2D eigenvalue weighted by Gasteiger charge is -2.07. The third-order valence-corrected chi connectivity index (χ3v) is 5.06. The predicted molar refractivity (Wildman–Crippen MR) is 98.3 cm³/mol. The number of benzene rings is 2. The van der Waals surface area contributed by atoms with Gasteiger partial charge in [-0.1, -0.05) is 35.9 Å². The number of amides is 1. The van der Waals surface area contributed by atoms with Crippen LogP contribution in [0.5, 0.6) is 0 Å². The number of nitrogens with zero attached hydrogens (tertiary/aromatic N) is 1. The maximum Gasteiger partial charge on any atom is 0.269 e. The fraction of sp³-hybridized carbons (Fsp3) is 0.235. The molecule has 7 nitrogen and oxygen atoms in total. The van der Waals surface area contributed by atoms with E-state index in [-0.39, 0.29) is 12.1 Å². The Morgan fingerprint density at radius 2 is 1.62 bits per heavy atom. The number of sulfonamides is 1. The quantitative estimate of drug-likeness (QED) is 0.544. The van der Waals surface area contributed by atoms with Gasteiger partial charge in [0, 0.05) is 23.6 Å². The van der Waals surface area contributed by atoms with E-state index in [0.29, 0.717) is 23.4 Å². The zero-order valence-corrected chi connectivity index (χ0v) is 15.3. The highest BCUT2D eigenvalue weighted by molar-refractivity contribution is 7.89. The van der Waals surface area contributed by atoms with Gasteiger partial charge in [0.2, 0.25) is 15.9 Å². The minimum atomic E-state index is -3.85. The van der Waals surface area contributed by atoms with Gasteiger partial charge in [0.05, 0.1) is 10.7 Å². The van der Waals surface area contributed by atoms with E-state index in [4.69, 9.17) is 11.6 Å². The first kappa shape index (κ1) is 19.9. The van der Waals surface area contributed by atoms with Crippen molar-refractivity contribution in [1.82, 2.24) is 4.72 Å². The summed E-state index contributed by atoms with van der Waals surface area (Å²) in [5.41, 5.74) is 1.24. The van der Waals surface area contributed by atoms with E-state index in [9.17, 15) is 23.3 Å². The first-order valence-electron chi connectivity index (χ1n) is 7.76. The highest BCUT2D eigenvalue weighted by Crippen LogP contribution is 2.14. The van der Waals surface area contributed by atoms with Gasteiger partial charge in [-0.3, -0.25) is 19.6 Å². The second kappa shape index (κ2) is 8.77. The summed E-state index contributed by atoms with van der Waals surface area (Å²) in [6, 6.07) is 12.4. The van der Waals surface area contributed by atoms with Gasteiger partial charge in [-0.05, 0) is 36.1 Å². The lowest BCUT2D eigenvalue weighted by molar-refractivity contribution is -0.384. The average Bonchev–Trinajstić information content (AvgIpc) is 2.56. The number of carbonyl (C=O) groups excluding carboxylic acids is 1. The Morgan fingerprint density at radius 3 is 2.19 bits per heavy atom. The molecule has 2 aromatic rings. The number of non-ortho nitro benzene ring substituents is 1. The van der Waals surface area contributed by atoms with Crippen molar-refractivity contribution in [3.63, 3.8) is 0 Å². The fourth-order valence-electron chi connectivity index (χ4n) is 2.30. The van der Waals surface area contributed by atoms with Gasteiger partial charge in [0.1, 0.15) is 0 Å². The first-order chi connectivity index (χ1) is 12.2. The van der Waals surface area contributed by atoms with Gasteiger partial charge in [-0.2, -0.15) is 0 Å². The largest absolute Gasteiger partial charge is 0.274 e. The van der Waals surface area contributed by atoms with E-state index in [1.807, 2.05) is 16.9 Å². The molecule has 2 rings (SSSR count). The molecule has 0 bridgehead atoms. The number of aryl methyl sites for hydroxylation is 1. The molecule has 9 heteroatoms. The van der Waals surface area contributed by atoms with Crippen LogP contribution in [0.25, 0.3) is 0 Å². The lowest BCUT2D eigenvalue weighted by atomic mass is 10.1. The summed E-state index contributed by atoms with van der Waals surface area (Å²) in [5.74, 6) is -1.01. The number of halogens is 1. The molecule has 0 spiro atoms. The van der Waals surface area contributed by atoms with Gasteiger partial charge in [0.25, 0.3) is 5.69 Å². The maximum atomic E-state index is 12.0. The molecule has 0 saturated heterocycles. The van der Waals surface area contributed by atoms with Gasteiger partial charge in [-0.15, -0.1) is 0 Å². The Bertz CT molecular complexity index is 880. The fourth-order valence-corrected chi connectivity index (χ4v) is 3.58. The Labute approximate surface area is 156 Å². The number of rotatable bonds is 8. The van der Waals surface area contributed by atoms with Crippen LogP contribution in [-0.4, -0.2) is 19.2 Å². The molecule has 0 aromatic heterocycles. The van der Waals surface area contributed by atoms with Gasteiger partial charge in [0.15, 0.2) is 0 Å². The highest BCUT2D eigenvalue weighted by Gasteiger charge is 2.16. The molecule has 0 fully saturated rings. The number of nitro groups is 1. The minimum absolute atomic E-state index is 0.0715. The van der Waals surface area contributed by atoms with Gasteiger partial charge >= 0.3 is 0 Å². The molecule has 2 aromatic carbocycles. The normalized spacial score (nSPS) is 11.1. The molecule has 0 unspecified atom stereocenters. The second-order valence-corrected chi connectivity index (χ2v) is 7.85. The van der Waals surface area contributed by atoms with Gasteiger partial charge < -0.3 is 0 Å². The summed E-state index contributed by atoms with van der Waals surface area (Å²) < 4.78 is 26.1. The van der Waals surface area contributed by atoms with Crippen LogP contribution >= 0.6 is 11.6 Å². The average molecular weight is 397 g/mol. The summed E-state index contributed by atoms with van der Waals surface area (Å²) in [4.78, 5) is 21.9. The molecular formula is C17H17ClN2O5S. The third-order valence-electron chi connectivity index (χ3n) is 3.56. The summed E-state index contributed by atoms with van der Waals surface area (Å²) in [7, 11) is -3.85.